The molecule has 0 saturated carbocycles. The third-order valence-electron chi connectivity index (χ3n) is 4.65. The Morgan fingerprint density at radius 2 is 2.04 bits per heavy atom. The van der Waals surface area contributed by atoms with Gasteiger partial charge in [0, 0.05) is 5.56 Å². The van der Waals surface area contributed by atoms with E-state index in [1.807, 2.05) is 24.3 Å². The second-order valence-electron chi connectivity index (χ2n) is 6.01. The van der Waals surface area contributed by atoms with E-state index in [2.05, 4.69) is 9.84 Å². The van der Waals surface area contributed by atoms with Crippen molar-refractivity contribution >= 4 is 23.3 Å². The fourth-order valence-electron chi connectivity index (χ4n) is 3.40. The van der Waals surface area contributed by atoms with E-state index in [4.69, 9.17) is 0 Å². The van der Waals surface area contributed by atoms with E-state index in [0.29, 0.717) is 12.1 Å². The monoisotopic (exact) mass is 338 g/mol. The van der Waals surface area contributed by atoms with Gasteiger partial charge in [-0.1, -0.05) is 30.3 Å². The number of hydrogen-bond donors (Lipinski definition) is 0. The summed E-state index contributed by atoms with van der Waals surface area (Å²) in [5.41, 5.74) is 2.47. The average Bonchev–Trinajstić information content (AvgIpc) is 2.98. The molecule has 1 aliphatic carbocycles. The van der Waals surface area contributed by atoms with Crippen LogP contribution >= 0.6 is 0 Å². The molecule has 0 fully saturated rings. The number of esters is 1. The number of hydrazone groups is 1. The Morgan fingerprint density at radius 3 is 2.84 bits per heavy atom. The summed E-state index contributed by atoms with van der Waals surface area (Å²) in [5.74, 6) is -2.25. The van der Waals surface area contributed by atoms with Crippen LogP contribution < -0.4 is 5.01 Å². The lowest BCUT2D eigenvalue weighted by molar-refractivity contribution is -0.119. The van der Waals surface area contributed by atoms with Crippen LogP contribution in [0.2, 0.25) is 0 Å². The molecular weight excluding hydrogens is 323 g/mol. The van der Waals surface area contributed by atoms with Crippen LogP contribution in [0, 0.1) is 11.7 Å². The molecule has 1 heterocycles. The standard InChI is InChI=1S/C19H15FN2O3/c1-25-19(24)13-7-4-8-15(16(13)20)22-18(23)14-10-9-11-5-2-3-6-12(11)17(14)21-22/h2-8,14H,9-10H2,1H3. The maximum atomic E-state index is 14.7. The van der Waals surface area contributed by atoms with Gasteiger partial charge in [0.25, 0.3) is 5.91 Å². The summed E-state index contributed by atoms with van der Waals surface area (Å²) in [5, 5.41) is 5.47. The van der Waals surface area contributed by atoms with Gasteiger partial charge in [-0.2, -0.15) is 10.1 Å². The van der Waals surface area contributed by atoms with Crippen molar-refractivity contribution in [3.8, 4) is 0 Å². The van der Waals surface area contributed by atoms with Crippen LogP contribution in [0.3, 0.4) is 0 Å². The number of fused-ring (bicyclic) bond motifs is 3. The first-order valence-electron chi connectivity index (χ1n) is 7.99. The van der Waals surface area contributed by atoms with Crippen LogP contribution in [0.1, 0.15) is 27.9 Å². The molecule has 25 heavy (non-hydrogen) atoms. The zero-order valence-electron chi connectivity index (χ0n) is 13.5. The summed E-state index contributed by atoms with van der Waals surface area (Å²) < 4.78 is 19.3. The van der Waals surface area contributed by atoms with Gasteiger partial charge in [0.15, 0.2) is 5.82 Å². The summed E-state index contributed by atoms with van der Waals surface area (Å²) >= 11 is 0. The molecule has 1 unspecified atom stereocenters. The van der Waals surface area contributed by atoms with Gasteiger partial charge < -0.3 is 4.74 Å². The maximum absolute atomic E-state index is 14.7. The molecule has 4 rings (SSSR count). The second-order valence-corrected chi connectivity index (χ2v) is 6.01. The first kappa shape index (κ1) is 15.5. The predicted octanol–water partition coefficient (Wildman–Crippen LogP) is 2.93. The number of rotatable bonds is 2. The number of ether oxygens (including phenoxy) is 1. The lowest BCUT2D eigenvalue weighted by Crippen LogP contribution is -2.31. The highest BCUT2D eigenvalue weighted by molar-refractivity contribution is 6.22. The fourth-order valence-corrected chi connectivity index (χ4v) is 3.40. The highest BCUT2D eigenvalue weighted by atomic mass is 19.1. The van der Waals surface area contributed by atoms with Crippen LogP contribution in [-0.4, -0.2) is 24.7 Å². The van der Waals surface area contributed by atoms with Crippen LogP contribution in [0.25, 0.3) is 0 Å². The van der Waals surface area contributed by atoms with Crippen molar-refractivity contribution < 1.29 is 18.7 Å². The van der Waals surface area contributed by atoms with Crippen molar-refractivity contribution in [3.05, 3.63) is 65.0 Å². The van der Waals surface area contributed by atoms with Crippen LogP contribution in [-0.2, 0) is 16.0 Å². The van der Waals surface area contributed by atoms with Gasteiger partial charge in [-0.25, -0.2) is 9.18 Å². The van der Waals surface area contributed by atoms with E-state index in [1.165, 1.54) is 25.3 Å². The number of carbonyl (C=O) groups excluding carboxylic acids is 2. The molecule has 0 N–H and O–H groups in total. The molecular formula is C19H15FN2O3. The Morgan fingerprint density at radius 1 is 1.24 bits per heavy atom. The van der Waals surface area contributed by atoms with Crippen molar-refractivity contribution in [1.29, 1.82) is 0 Å². The molecule has 0 radical (unpaired) electrons. The molecule has 5 nitrogen and oxygen atoms in total. The number of nitrogens with zero attached hydrogens (tertiary/aromatic N) is 2. The van der Waals surface area contributed by atoms with Gasteiger partial charge in [-0.15, -0.1) is 0 Å². The van der Waals surface area contributed by atoms with Gasteiger partial charge in [0.05, 0.1) is 24.3 Å². The first-order chi connectivity index (χ1) is 12.1. The minimum absolute atomic E-state index is 0.0349. The van der Waals surface area contributed by atoms with Gasteiger partial charge in [0.2, 0.25) is 0 Å². The highest BCUT2D eigenvalue weighted by Crippen LogP contribution is 2.35. The van der Waals surface area contributed by atoms with Crippen LogP contribution in [0.4, 0.5) is 10.1 Å². The lowest BCUT2D eigenvalue weighted by atomic mass is 9.82. The molecule has 1 aliphatic heterocycles. The lowest BCUT2D eigenvalue weighted by Gasteiger charge is -2.20. The Bertz CT molecular complexity index is 923. The largest absolute Gasteiger partial charge is 0.465 e. The number of benzene rings is 2. The third-order valence-corrected chi connectivity index (χ3v) is 4.65. The molecule has 0 spiro atoms. The minimum atomic E-state index is -0.806. The Balaban J connectivity index is 1.80. The number of aryl methyl sites for hydroxylation is 1. The van der Waals surface area contributed by atoms with Gasteiger partial charge in [-0.05, 0) is 30.5 Å². The molecule has 0 aromatic heterocycles. The summed E-state index contributed by atoms with van der Waals surface area (Å²) in [6.07, 6.45) is 1.42. The average molecular weight is 338 g/mol. The number of amides is 1. The quantitative estimate of drug-likeness (QED) is 0.791. The Hall–Kier alpha value is -3.02. The summed E-state index contributed by atoms with van der Waals surface area (Å²) in [4.78, 5) is 24.5. The summed E-state index contributed by atoms with van der Waals surface area (Å²) in [6, 6.07) is 12.1. The van der Waals surface area contributed by atoms with Crippen LogP contribution in [0.5, 0.6) is 0 Å². The van der Waals surface area contributed by atoms with E-state index in [1.54, 1.807) is 0 Å². The van der Waals surface area contributed by atoms with E-state index in [9.17, 15) is 14.0 Å². The smallest absolute Gasteiger partial charge is 0.340 e. The SMILES string of the molecule is COC(=O)c1cccc(N2N=C3c4ccccc4CCC3C2=O)c1F. The molecule has 1 amide bonds. The third kappa shape index (κ3) is 2.33. The van der Waals surface area contributed by atoms with Crippen molar-refractivity contribution in [2.75, 3.05) is 12.1 Å². The first-order valence-corrected chi connectivity index (χ1v) is 7.99. The minimum Gasteiger partial charge on any atom is -0.465 e. The van der Waals surface area contributed by atoms with E-state index in [-0.39, 0.29) is 23.1 Å². The fraction of sp³-hybridized carbons (Fsp3) is 0.211. The topological polar surface area (TPSA) is 59.0 Å². The zero-order valence-corrected chi connectivity index (χ0v) is 13.5. The molecule has 6 heteroatoms. The molecule has 2 aliphatic rings. The number of anilines is 1. The number of halogens is 1. The molecule has 126 valence electrons. The number of carbonyl (C=O) groups is 2. The Kier molecular flexibility index (Phi) is 3.60. The predicted molar refractivity (Wildman–Crippen MR) is 90.0 cm³/mol. The van der Waals surface area contributed by atoms with Gasteiger partial charge in [0.1, 0.15) is 5.69 Å². The van der Waals surface area contributed by atoms with Crippen molar-refractivity contribution in [2.45, 2.75) is 12.8 Å². The van der Waals surface area contributed by atoms with E-state index < -0.39 is 11.8 Å². The summed E-state index contributed by atoms with van der Waals surface area (Å²) in [7, 11) is 1.18. The highest BCUT2D eigenvalue weighted by Gasteiger charge is 2.41. The zero-order chi connectivity index (χ0) is 17.6. The van der Waals surface area contributed by atoms with E-state index in [0.717, 1.165) is 22.6 Å². The van der Waals surface area contributed by atoms with E-state index >= 15 is 0 Å². The molecule has 2 aromatic carbocycles. The maximum Gasteiger partial charge on any atom is 0.340 e. The normalized spacial score (nSPS) is 18.5. The van der Waals surface area contributed by atoms with Crippen LogP contribution in [0.15, 0.2) is 47.6 Å². The Labute approximate surface area is 143 Å². The van der Waals surface area contributed by atoms with Crippen molar-refractivity contribution in [1.82, 2.24) is 0 Å². The molecule has 2 aromatic rings. The molecule has 0 bridgehead atoms. The number of hydrogen-bond acceptors (Lipinski definition) is 4. The van der Waals surface area contributed by atoms with Crippen molar-refractivity contribution in [3.63, 3.8) is 0 Å². The van der Waals surface area contributed by atoms with Gasteiger partial charge >= 0.3 is 5.97 Å². The van der Waals surface area contributed by atoms with Crippen molar-refractivity contribution in [2.24, 2.45) is 11.0 Å². The molecule has 1 atom stereocenters. The number of methoxy groups -OCH3 is 1. The second kappa shape index (κ2) is 5.81. The van der Waals surface area contributed by atoms with Gasteiger partial charge in [-0.3, -0.25) is 4.79 Å². The summed E-state index contributed by atoms with van der Waals surface area (Å²) in [6.45, 7) is 0. The molecule has 0 saturated heterocycles.